The van der Waals surface area contributed by atoms with Crippen LogP contribution < -0.4 is 10.0 Å². The maximum atomic E-state index is 12.0. The lowest BCUT2D eigenvalue weighted by molar-refractivity contribution is 0.539. The van der Waals surface area contributed by atoms with Crippen LogP contribution >= 0.6 is 15.9 Å². The van der Waals surface area contributed by atoms with Crippen LogP contribution in [-0.2, 0) is 10.0 Å². The summed E-state index contributed by atoms with van der Waals surface area (Å²) in [6.07, 6.45) is 1.20. The summed E-state index contributed by atoms with van der Waals surface area (Å²) in [5.41, 5.74) is 3.06. The molecular weight excluding hydrogens is 400 g/mol. The molecule has 0 heterocycles. The second kappa shape index (κ2) is 6.12. The van der Waals surface area contributed by atoms with Gasteiger partial charge in [0.1, 0.15) is 0 Å². The largest absolute Gasteiger partial charge is 0.376 e. The third-order valence-electron chi connectivity index (χ3n) is 4.48. The first-order valence-corrected chi connectivity index (χ1v) is 10.6. The van der Waals surface area contributed by atoms with Crippen molar-refractivity contribution >= 4 is 42.4 Å². The molecule has 3 aromatic carbocycles. The molecule has 1 aliphatic rings. The summed E-state index contributed by atoms with van der Waals surface area (Å²) in [4.78, 5) is 0. The molecule has 1 aliphatic carbocycles. The minimum atomic E-state index is -3.35. The fraction of sp³-hybridized carbons (Fsp3) is 0.158. The fourth-order valence-corrected chi connectivity index (χ4v) is 4.51. The Morgan fingerprint density at radius 1 is 0.880 bits per heavy atom. The summed E-state index contributed by atoms with van der Waals surface area (Å²) in [5, 5.41) is 5.75. The summed E-state index contributed by atoms with van der Waals surface area (Å²) in [7, 11) is -3.35. The van der Waals surface area contributed by atoms with Gasteiger partial charge in [-0.05, 0) is 46.2 Å². The molecule has 0 aromatic heterocycles. The van der Waals surface area contributed by atoms with E-state index >= 15 is 0 Å². The Labute approximate surface area is 155 Å². The Balaban J connectivity index is 1.83. The van der Waals surface area contributed by atoms with Crippen molar-refractivity contribution in [1.29, 1.82) is 0 Å². The highest BCUT2D eigenvalue weighted by atomic mass is 79.9. The highest BCUT2D eigenvalue weighted by molar-refractivity contribution is 9.10. The monoisotopic (exact) mass is 416 g/mol. The van der Waals surface area contributed by atoms with Crippen molar-refractivity contribution < 1.29 is 8.42 Å². The van der Waals surface area contributed by atoms with Gasteiger partial charge in [0, 0.05) is 10.2 Å². The second-order valence-corrected chi connectivity index (χ2v) is 8.98. The predicted molar refractivity (Wildman–Crippen MR) is 105 cm³/mol. The van der Waals surface area contributed by atoms with Crippen LogP contribution in [0.4, 0.5) is 5.69 Å². The normalized spacial score (nSPS) is 19.3. The van der Waals surface area contributed by atoms with Crippen molar-refractivity contribution in [2.75, 3.05) is 11.6 Å². The van der Waals surface area contributed by atoms with Gasteiger partial charge in [-0.15, -0.1) is 0 Å². The number of anilines is 1. The zero-order valence-corrected chi connectivity index (χ0v) is 15.9. The third-order valence-corrected chi connectivity index (χ3v) is 5.69. The fourth-order valence-electron chi connectivity index (χ4n) is 3.53. The van der Waals surface area contributed by atoms with Gasteiger partial charge in [-0.3, -0.25) is 0 Å². The van der Waals surface area contributed by atoms with Gasteiger partial charge < -0.3 is 5.32 Å². The molecule has 2 atom stereocenters. The quantitative estimate of drug-likeness (QED) is 0.663. The molecule has 4 rings (SSSR count). The second-order valence-electron chi connectivity index (χ2n) is 6.29. The minimum absolute atomic E-state index is 0.169. The Kier molecular flexibility index (Phi) is 4.06. The number of rotatable bonds is 4. The van der Waals surface area contributed by atoms with Gasteiger partial charge >= 0.3 is 0 Å². The predicted octanol–water partition coefficient (Wildman–Crippen LogP) is 4.36. The van der Waals surface area contributed by atoms with Crippen LogP contribution in [0.15, 0.2) is 65.1 Å². The van der Waals surface area contributed by atoms with E-state index in [1.807, 2.05) is 42.5 Å². The molecule has 0 saturated carbocycles. The van der Waals surface area contributed by atoms with Gasteiger partial charge in [-0.2, -0.15) is 0 Å². The van der Waals surface area contributed by atoms with Crippen LogP contribution in [0.1, 0.15) is 23.2 Å². The molecule has 0 fully saturated rings. The molecule has 0 amide bonds. The summed E-state index contributed by atoms with van der Waals surface area (Å²) in [6.45, 7) is 0. The van der Waals surface area contributed by atoms with E-state index in [4.69, 9.17) is 0 Å². The molecule has 0 bridgehead atoms. The van der Waals surface area contributed by atoms with Crippen LogP contribution in [-0.4, -0.2) is 14.7 Å². The van der Waals surface area contributed by atoms with E-state index in [0.717, 1.165) is 32.1 Å². The lowest BCUT2D eigenvalue weighted by atomic mass is 10.0. The van der Waals surface area contributed by atoms with E-state index in [2.05, 4.69) is 44.2 Å². The molecule has 4 nitrogen and oxygen atoms in total. The highest BCUT2D eigenvalue weighted by Gasteiger charge is 2.35. The first kappa shape index (κ1) is 16.6. The third kappa shape index (κ3) is 3.17. The standard InChI is InChI=1S/C19H17BrN2O2S/c1-25(23,24)22-19-16-7-3-5-12-4-2-6-15(17(12)16)18(19)21-14-10-8-13(20)9-11-14/h2-11,18-19,21-22H,1H3. The zero-order chi connectivity index (χ0) is 17.6. The van der Waals surface area contributed by atoms with E-state index in [-0.39, 0.29) is 12.1 Å². The van der Waals surface area contributed by atoms with E-state index in [0.29, 0.717) is 0 Å². The Bertz CT molecular complexity index is 1040. The number of sulfonamides is 1. The van der Waals surface area contributed by atoms with Gasteiger partial charge in [0.2, 0.25) is 10.0 Å². The van der Waals surface area contributed by atoms with Gasteiger partial charge in [0.05, 0.1) is 18.3 Å². The number of hydrogen-bond donors (Lipinski definition) is 2. The Morgan fingerprint density at radius 3 is 2.08 bits per heavy atom. The molecule has 0 aliphatic heterocycles. The number of halogens is 1. The van der Waals surface area contributed by atoms with E-state index < -0.39 is 10.0 Å². The average molecular weight is 417 g/mol. The summed E-state index contributed by atoms with van der Waals surface area (Å²) in [6, 6.07) is 19.5. The van der Waals surface area contributed by atoms with Crippen LogP contribution in [0.3, 0.4) is 0 Å². The van der Waals surface area contributed by atoms with Gasteiger partial charge in [0.15, 0.2) is 0 Å². The van der Waals surface area contributed by atoms with Crippen LogP contribution in [0, 0.1) is 0 Å². The van der Waals surface area contributed by atoms with Crippen molar-refractivity contribution in [2.24, 2.45) is 0 Å². The summed E-state index contributed by atoms with van der Waals surface area (Å²) in [5.74, 6) is 0. The number of benzene rings is 3. The first-order valence-electron chi connectivity index (χ1n) is 7.93. The van der Waals surface area contributed by atoms with Crippen LogP contribution in [0.2, 0.25) is 0 Å². The average Bonchev–Trinajstić information content (AvgIpc) is 2.85. The van der Waals surface area contributed by atoms with Gasteiger partial charge in [0.25, 0.3) is 0 Å². The van der Waals surface area contributed by atoms with Crippen molar-refractivity contribution in [3.8, 4) is 0 Å². The van der Waals surface area contributed by atoms with E-state index in [9.17, 15) is 8.42 Å². The van der Waals surface area contributed by atoms with Crippen molar-refractivity contribution in [3.05, 3.63) is 76.3 Å². The zero-order valence-electron chi connectivity index (χ0n) is 13.5. The summed E-state index contributed by atoms with van der Waals surface area (Å²) >= 11 is 3.44. The minimum Gasteiger partial charge on any atom is -0.376 e. The molecule has 2 N–H and O–H groups in total. The highest BCUT2D eigenvalue weighted by Crippen LogP contribution is 2.45. The molecule has 25 heavy (non-hydrogen) atoms. The Hall–Kier alpha value is -1.89. The molecule has 6 heteroatoms. The summed E-state index contributed by atoms with van der Waals surface area (Å²) < 4.78 is 27.7. The SMILES string of the molecule is CS(=O)(=O)NC1c2cccc3cccc(c23)C1Nc1ccc(Br)cc1. The molecule has 128 valence electrons. The van der Waals surface area contributed by atoms with Crippen molar-refractivity contribution in [2.45, 2.75) is 12.1 Å². The van der Waals surface area contributed by atoms with Crippen molar-refractivity contribution in [1.82, 2.24) is 4.72 Å². The molecule has 0 saturated heterocycles. The van der Waals surface area contributed by atoms with Crippen LogP contribution in [0.25, 0.3) is 10.8 Å². The maximum Gasteiger partial charge on any atom is 0.209 e. The lowest BCUT2D eigenvalue weighted by Crippen LogP contribution is -2.32. The van der Waals surface area contributed by atoms with Gasteiger partial charge in [-0.1, -0.05) is 52.3 Å². The van der Waals surface area contributed by atoms with E-state index in [1.165, 1.54) is 6.26 Å². The van der Waals surface area contributed by atoms with Crippen molar-refractivity contribution in [3.63, 3.8) is 0 Å². The first-order chi connectivity index (χ1) is 11.9. The number of nitrogens with one attached hydrogen (secondary N) is 2. The number of hydrogen-bond acceptors (Lipinski definition) is 3. The van der Waals surface area contributed by atoms with E-state index in [1.54, 1.807) is 0 Å². The lowest BCUT2D eigenvalue weighted by Gasteiger charge is -2.24. The smallest absolute Gasteiger partial charge is 0.209 e. The van der Waals surface area contributed by atoms with Crippen LogP contribution in [0.5, 0.6) is 0 Å². The van der Waals surface area contributed by atoms with Gasteiger partial charge in [-0.25, -0.2) is 13.1 Å². The molecular formula is C19H17BrN2O2S. The topological polar surface area (TPSA) is 58.2 Å². The molecule has 0 radical (unpaired) electrons. The molecule has 0 spiro atoms. The maximum absolute atomic E-state index is 12.0. The molecule has 3 aromatic rings. The molecule has 2 unspecified atom stereocenters. The Morgan fingerprint density at radius 2 is 1.48 bits per heavy atom.